The lowest BCUT2D eigenvalue weighted by Gasteiger charge is -2.33. The molecule has 1 heterocycles. The fraction of sp³-hybridized carbons (Fsp3) is 0.188. The molecule has 1 atom stereocenters. The Bertz CT molecular complexity index is 639. The maximum atomic E-state index is 12.7. The molecule has 0 aliphatic carbocycles. The summed E-state index contributed by atoms with van der Waals surface area (Å²) in [6.45, 7) is 2.55. The van der Waals surface area contributed by atoms with Crippen LogP contribution >= 0.6 is 22.6 Å². The average Bonchev–Trinajstić information content (AvgIpc) is 2.46. The van der Waals surface area contributed by atoms with Crippen LogP contribution in [-0.4, -0.2) is 18.6 Å². The van der Waals surface area contributed by atoms with Crippen molar-refractivity contribution >= 4 is 34.2 Å². The van der Waals surface area contributed by atoms with Crippen LogP contribution in [0.1, 0.15) is 17.3 Å². The van der Waals surface area contributed by atoms with E-state index >= 15 is 0 Å². The highest BCUT2D eigenvalue weighted by molar-refractivity contribution is 14.1. The number of carbonyl (C=O) groups excluding carboxylic acids is 1. The summed E-state index contributed by atoms with van der Waals surface area (Å²) in [7, 11) is 0. The van der Waals surface area contributed by atoms with Crippen molar-refractivity contribution < 1.29 is 9.53 Å². The van der Waals surface area contributed by atoms with Crippen molar-refractivity contribution in [3.8, 4) is 5.75 Å². The van der Waals surface area contributed by atoms with E-state index in [4.69, 9.17) is 4.74 Å². The molecule has 1 aliphatic heterocycles. The Balaban J connectivity index is 1.97. The number of amides is 1. The number of hydrogen-bond acceptors (Lipinski definition) is 2. The van der Waals surface area contributed by atoms with Gasteiger partial charge in [0.1, 0.15) is 11.9 Å². The molecule has 1 amide bonds. The number of carbonyl (C=O) groups is 1. The molecule has 0 radical (unpaired) electrons. The number of hydrogen-bond donors (Lipinski definition) is 0. The summed E-state index contributed by atoms with van der Waals surface area (Å²) in [4.78, 5) is 14.5. The number of para-hydroxylation sites is 2. The summed E-state index contributed by atoms with van der Waals surface area (Å²) in [6.07, 6.45) is -0.00213. The Labute approximate surface area is 131 Å². The second-order valence-corrected chi connectivity index (χ2v) is 6.06. The van der Waals surface area contributed by atoms with Crippen LogP contribution in [0.25, 0.3) is 0 Å². The summed E-state index contributed by atoms with van der Waals surface area (Å²) in [5.41, 5.74) is 1.54. The molecule has 1 unspecified atom stereocenters. The molecule has 0 fully saturated rings. The number of nitrogens with zero attached hydrogens (tertiary/aromatic N) is 1. The molecular weight excluding hydrogens is 365 g/mol. The van der Waals surface area contributed by atoms with Crippen LogP contribution in [0.2, 0.25) is 0 Å². The third-order valence-electron chi connectivity index (χ3n) is 3.26. The van der Waals surface area contributed by atoms with E-state index in [0.717, 1.165) is 15.0 Å². The summed E-state index contributed by atoms with van der Waals surface area (Å²) in [5, 5.41) is 0. The molecule has 0 bridgehead atoms. The van der Waals surface area contributed by atoms with E-state index in [9.17, 15) is 4.79 Å². The van der Waals surface area contributed by atoms with Gasteiger partial charge in [0.15, 0.2) is 0 Å². The average molecular weight is 379 g/mol. The van der Waals surface area contributed by atoms with Gasteiger partial charge in [0, 0.05) is 9.13 Å². The zero-order valence-corrected chi connectivity index (χ0v) is 13.2. The summed E-state index contributed by atoms with van der Waals surface area (Å²) in [6, 6.07) is 15.3. The summed E-state index contributed by atoms with van der Waals surface area (Å²) < 4.78 is 6.89. The van der Waals surface area contributed by atoms with Crippen molar-refractivity contribution in [3.05, 3.63) is 57.7 Å². The minimum absolute atomic E-state index is 0.00213. The van der Waals surface area contributed by atoms with E-state index in [-0.39, 0.29) is 12.0 Å². The molecule has 0 N–H and O–H groups in total. The molecule has 0 saturated carbocycles. The number of rotatable bonds is 1. The second-order valence-electron chi connectivity index (χ2n) is 4.82. The lowest BCUT2D eigenvalue weighted by molar-refractivity contribution is 0.0961. The Morgan fingerprint density at radius 1 is 1.20 bits per heavy atom. The highest BCUT2D eigenvalue weighted by Crippen LogP contribution is 2.33. The van der Waals surface area contributed by atoms with Gasteiger partial charge in [-0.1, -0.05) is 12.1 Å². The van der Waals surface area contributed by atoms with Gasteiger partial charge in [0.2, 0.25) is 0 Å². The number of anilines is 1. The van der Waals surface area contributed by atoms with Gasteiger partial charge in [-0.25, -0.2) is 0 Å². The molecule has 20 heavy (non-hydrogen) atoms. The standard InChI is InChI=1S/C16H14INO2/c1-11-10-18(14-4-2-3-5-15(14)20-11)16(19)12-6-8-13(17)9-7-12/h2-9,11H,10H2,1H3. The highest BCUT2D eigenvalue weighted by atomic mass is 127. The third kappa shape index (κ3) is 2.52. The van der Waals surface area contributed by atoms with Crippen LogP contribution in [0.3, 0.4) is 0 Å². The lowest BCUT2D eigenvalue weighted by atomic mass is 10.1. The number of benzene rings is 2. The van der Waals surface area contributed by atoms with Crippen LogP contribution < -0.4 is 9.64 Å². The van der Waals surface area contributed by atoms with Crippen molar-refractivity contribution in [2.45, 2.75) is 13.0 Å². The molecule has 4 heteroatoms. The zero-order valence-electron chi connectivity index (χ0n) is 11.0. The Kier molecular flexibility index (Phi) is 3.65. The SMILES string of the molecule is CC1CN(C(=O)c2ccc(I)cc2)c2ccccc2O1. The predicted molar refractivity (Wildman–Crippen MR) is 87.4 cm³/mol. The first-order valence-corrected chi connectivity index (χ1v) is 7.56. The van der Waals surface area contributed by atoms with Crippen molar-refractivity contribution in [1.82, 2.24) is 0 Å². The van der Waals surface area contributed by atoms with Gasteiger partial charge in [0.05, 0.1) is 12.2 Å². The van der Waals surface area contributed by atoms with Gasteiger partial charge < -0.3 is 9.64 Å². The first kappa shape index (κ1) is 13.4. The molecular formula is C16H14INO2. The largest absolute Gasteiger partial charge is 0.487 e. The maximum absolute atomic E-state index is 12.7. The molecule has 0 spiro atoms. The van der Waals surface area contributed by atoms with Gasteiger partial charge >= 0.3 is 0 Å². The third-order valence-corrected chi connectivity index (χ3v) is 3.98. The van der Waals surface area contributed by atoms with Crippen molar-refractivity contribution in [1.29, 1.82) is 0 Å². The van der Waals surface area contributed by atoms with E-state index in [2.05, 4.69) is 22.6 Å². The van der Waals surface area contributed by atoms with Crippen LogP contribution in [-0.2, 0) is 0 Å². The minimum atomic E-state index is -0.00213. The molecule has 1 aliphatic rings. The smallest absolute Gasteiger partial charge is 0.258 e. The molecule has 102 valence electrons. The van der Waals surface area contributed by atoms with Gasteiger partial charge in [-0.15, -0.1) is 0 Å². The topological polar surface area (TPSA) is 29.5 Å². The molecule has 0 saturated heterocycles. The number of ether oxygens (including phenoxy) is 1. The first-order chi connectivity index (χ1) is 9.65. The van der Waals surface area contributed by atoms with Crippen molar-refractivity contribution in [2.75, 3.05) is 11.4 Å². The normalized spacial score (nSPS) is 17.3. The van der Waals surface area contributed by atoms with E-state index in [0.29, 0.717) is 12.1 Å². The van der Waals surface area contributed by atoms with Crippen LogP contribution in [0.4, 0.5) is 5.69 Å². The van der Waals surface area contributed by atoms with Crippen molar-refractivity contribution in [2.24, 2.45) is 0 Å². The second kappa shape index (κ2) is 5.44. The van der Waals surface area contributed by atoms with E-state index in [1.165, 1.54) is 0 Å². The fourth-order valence-corrected chi connectivity index (χ4v) is 2.69. The van der Waals surface area contributed by atoms with E-state index < -0.39 is 0 Å². The molecule has 2 aromatic carbocycles. The zero-order chi connectivity index (χ0) is 14.1. The molecule has 2 aromatic rings. The minimum Gasteiger partial charge on any atom is -0.487 e. The van der Waals surface area contributed by atoms with Gasteiger partial charge in [-0.2, -0.15) is 0 Å². The van der Waals surface area contributed by atoms with Crippen LogP contribution in [0.15, 0.2) is 48.5 Å². The maximum Gasteiger partial charge on any atom is 0.258 e. The quantitative estimate of drug-likeness (QED) is 0.707. The highest BCUT2D eigenvalue weighted by Gasteiger charge is 2.27. The first-order valence-electron chi connectivity index (χ1n) is 6.48. The fourth-order valence-electron chi connectivity index (χ4n) is 2.33. The Morgan fingerprint density at radius 2 is 1.90 bits per heavy atom. The molecule has 3 nitrogen and oxygen atoms in total. The number of fused-ring (bicyclic) bond motifs is 1. The summed E-state index contributed by atoms with van der Waals surface area (Å²) >= 11 is 2.23. The molecule has 0 aromatic heterocycles. The monoisotopic (exact) mass is 379 g/mol. The van der Waals surface area contributed by atoms with Crippen molar-refractivity contribution in [3.63, 3.8) is 0 Å². The summed E-state index contributed by atoms with van der Waals surface area (Å²) in [5.74, 6) is 0.786. The van der Waals surface area contributed by atoms with Gasteiger partial charge in [-0.3, -0.25) is 4.79 Å². The van der Waals surface area contributed by atoms with E-state index in [1.54, 1.807) is 4.90 Å². The van der Waals surface area contributed by atoms with Crippen LogP contribution in [0, 0.1) is 3.57 Å². The molecule has 3 rings (SSSR count). The van der Waals surface area contributed by atoms with Gasteiger partial charge in [0.25, 0.3) is 5.91 Å². The number of halogens is 1. The predicted octanol–water partition coefficient (Wildman–Crippen LogP) is 3.72. The van der Waals surface area contributed by atoms with Crippen LogP contribution in [0.5, 0.6) is 5.75 Å². The Morgan fingerprint density at radius 3 is 2.65 bits per heavy atom. The Hall–Kier alpha value is -1.56. The van der Waals surface area contributed by atoms with E-state index in [1.807, 2.05) is 55.5 Å². The van der Waals surface area contributed by atoms with Gasteiger partial charge in [-0.05, 0) is 65.9 Å². The lowest BCUT2D eigenvalue weighted by Crippen LogP contribution is -2.42.